The lowest BCUT2D eigenvalue weighted by Crippen LogP contribution is -2.46. The van der Waals surface area contributed by atoms with Crippen molar-refractivity contribution in [2.45, 2.75) is 19.4 Å². The molecule has 3 N–H and O–H groups in total. The van der Waals surface area contributed by atoms with Gasteiger partial charge in [0, 0.05) is 17.1 Å². The van der Waals surface area contributed by atoms with E-state index in [1.165, 1.54) is 0 Å². The van der Waals surface area contributed by atoms with Crippen LogP contribution in [-0.4, -0.2) is 24.6 Å². The van der Waals surface area contributed by atoms with Gasteiger partial charge >= 0.3 is 0 Å². The highest BCUT2D eigenvalue weighted by molar-refractivity contribution is 6.30. The Bertz CT molecular complexity index is 388. The Morgan fingerprint density at radius 1 is 1.53 bits per heavy atom. The van der Waals surface area contributed by atoms with Crippen molar-refractivity contribution < 1.29 is 9.53 Å². The van der Waals surface area contributed by atoms with Gasteiger partial charge in [-0.2, -0.15) is 0 Å². The molecule has 1 aromatic rings. The van der Waals surface area contributed by atoms with Gasteiger partial charge in [0.25, 0.3) is 5.91 Å². The quantitative estimate of drug-likeness (QED) is 0.841. The topological polar surface area (TPSA) is 64.3 Å². The van der Waals surface area contributed by atoms with Crippen LogP contribution >= 0.6 is 11.6 Å². The lowest BCUT2D eigenvalue weighted by atomic mass is 10.1. The van der Waals surface area contributed by atoms with E-state index in [4.69, 9.17) is 22.1 Å². The average molecular weight is 257 g/mol. The zero-order chi connectivity index (χ0) is 12.9. The summed E-state index contributed by atoms with van der Waals surface area (Å²) in [5.41, 5.74) is 5.31. The average Bonchev–Trinajstić information content (AvgIpc) is 2.23. The van der Waals surface area contributed by atoms with Gasteiger partial charge in [-0.05, 0) is 32.0 Å². The van der Waals surface area contributed by atoms with Crippen molar-refractivity contribution >= 4 is 17.5 Å². The van der Waals surface area contributed by atoms with Gasteiger partial charge in [0.15, 0.2) is 6.61 Å². The highest BCUT2D eigenvalue weighted by Gasteiger charge is 2.12. The van der Waals surface area contributed by atoms with Crippen molar-refractivity contribution in [3.63, 3.8) is 0 Å². The summed E-state index contributed by atoms with van der Waals surface area (Å²) >= 11 is 5.78. The second-order valence-electron chi connectivity index (χ2n) is 4.51. The number of rotatable bonds is 5. The van der Waals surface area contributed by atoms with E-state index in [0.29, 0.717) is 17.3 Å². The maximum atomic E-state index is 11.4. The molecule has 94 valence electrons. The smallest absolute Gasteiger partial charge is 0.258 e. The molecular weight excluding hydrogens is 240 g/mol. The van der Waals surface area contributed by atoms with Crippen LogP contribution in [0.25, 0.3) is 0 Å². The Labute approximate surface area is 106 Å². The van der Waals surface area contributed by atoms with Gasteiger partial charge in [-0.25, -0.2) is 0 Å². The van der Waals surface area contributed by atoms with Gasteiger partial charge in [-0.15, -0.1) is 0 Å². The Hall–Kier alpha value is -1.26. The molecule has 0 fully saturated rings. The fourth-order valence-corrected chi connectivity index (χ4v) is 1.26. The Kier molecular flexibility index (Phi) is 4.78. The largest absolute Gasteiger partial charge is 0.484 e. The zero-order valence-corrected chi connectivity index (χ0v) is 10.8. The predicted octanol–water partition coefficient (Wildman–Crippen LogP) is 1.57. The summed E-state index contributed by atoms with van der Waals surface area (Å²) in [6.07, 6.45) is 0. The minimum atomic E-state index is -0.425. The van der Waals surface area contributed by atoms with Crippen LogP contribution in [0.3, 0.4) is 0 Å². The van der Waals surface area contributed by atoms with E-state index in [0.717, 1.165) is 0 Å². The van der Waals surface area contributed by atoms with Crippen LogP contribution in [0.1, 0.15) is 13.8 Å². The van der Waals surface area contributed by atoms with E-state index in [1.807, 2.05) is 13.8 Å². The number of benzene rings is 1. The summed E-state index contributed by atoms with van der Waals surface area (Å²) in [5, 5.41) is 3.26. The first kappa shape index (κ1) is 13.8. The first-order valence-electron chi connectivity index (χ1n) is 5.31. The summed E-state index contributed by atoms with van der Waals surface area (Å²) in [7, 11) is 0. The molecule has 0 radical (unpaired) electrons. The zero-order valence-electron chi connectivity index (χ0n) is 10.00. The van der Waals surface area contributed by atoms with Gasteiger partial charge in [-0.3, -0.25) is 4.79 Å². The standard InChI is InChI=1S/C12H17ClN2O2/c1-12(2,14)8-15-11(16)7-17-10-5-3-4-9(13)6-10/h3-6H,7-8,14H2,1-2H3,(H,15,16). The Morgan fingerprint density at radius 2 is 2.24 bits per heavy atom. The molecule has 0 heterocycles. The van der Waals surface area contributed by atoms with Crippen LogP contribution < -0.4 is 15.8 Å². The minimum Gasteiger partial charge on any atom is -0.484 e. The van der Waals surface area contributed by atoms with Crippen molar-refractivity contribution in [3.8, 4) is 5.75 Å². The molecule has 0 bridgehead atoms. The number of nitrogens with one attached hydrogen (secondary N) is 1. The molecule has 0 spiro atoms. The number of carbonyl (C=O) groups excluding carboxylic acids is 1. The van der Waals surface area contributed by atoms with Crippen molar-refractivity contribution in [1.82, 2.24) is 5.32 Å². The molecule has 0 aliphatic rings. The first-order valence-corrected chi connectivity index (χ1v) is 5.68. The minimum absolute atomic E-state index is 0.0452. The van der Waals surface area contributed by atoms with E-state index in [1.54, 1.807) is 24.3 Å². The van der Waals surface area contributed by atoms with Crippen molar-refractivity contribution in [1.29, 1.82) is 0 Å². The number of nitrogens with two attached hydrogens (primary N) is 1. The van der Waals surface area contributed by atoms with Crippen LogP contribution in [0.15, 0.2) is 24.3 Å². The maximum absolute atomic E-state index is 11.4. The summed E-state index contributed by atoms with van der Waals surface area (Å²) in [6.45, 7) is 4.04. The number of hydrogen-bond acceptors (Lipinski definition) is 3. The second kappa shape index (κ2) is 5.89. The molecule has 0 atom stereocenters. The number of ether oxygens (including phenoxy) is 1. The number of carbonyl (C=O) groups is 1. The molecule has 1 rings (SSSR count). The fraction of sp³-hybridized carbons (Fsp3) is 0.417. The molecule has 0 aliphatic heterocycles. The third kappa shape index (κ3) is 6.14. The summed E-state index contributed by atoms with van der Waals surface area (Å²) in [5.74, 6) is 0.364. The maximum Gasteiger partial charge on any atom is 0.258 e. The lowest BCUT2D eigenvalue weighted by molar-refractivity contribution is -0.123. The summed E-state index contributed by atoms with van der Waals surface area (Å²) in [6, 6.07) is 6.90. The molecule has 1 aromatic carbocycles. The van der Waals surface area contributed by atoms with Crippen LogP contribution in [0.5, 0.6) is 5.75 Å². The van der Waals surface area contributed by atoms with E-state index >= 15 is 0 Å². The monoisotopic (exact) mass is 256 g/mol. The van der Waals surface area contributed by atoms with E-state index in [9.17, 15) is 4.79 Å². The van der Waals surface area contributed by atoms with E-state index in [2.05, 4.69) is 5.32 Å². The molecule has 0 aliphatic carbocycles. The van der Waals surface area contributed by atoms with Crippen molar-refractivity contribution in [2.24, 2.45) is 5.73 Å². The number of halogens is 1. The molecule has 0 saturated carbocycles. The van der Waals surface area contributed by atoms with Crippen molar-refractivity contribution in [3.05, 3.63) is 29.3 Å². The van der Waals surface area contributed by atoms with Gasteiger partial charge in [0.1, 0.15) is 5.75 Å². The molecule has 0 aromatic heterocycles. The van der Waals surface area contributed by atoms with Crippen LogP contribution in [0.4, 0.5) is 0 Å². The molecule has 0 unspecified atom stereocenters. The Morgan fingerprint density at radius 3 is 2.82 bits per heavy atom. The molecule has 4 nitrogen and oxygen atoms in total. The van der Waals surface area contributed by atoms with Crippen LogP contribution in [0, 0.1) is 0 Å². The normalized spacial score (nSPS) is 11.1. The predicted molar refractivity (Wildman–Crippen MR) is 68.2 cm³/mol. The number of hydrogen-bond donors (Lipinski definition) is 2. The third-order valence-corrected chi connectivity index (χ3v) is 2.14. The van der Waals surface area contributed by atoms with E-state index in [-0.39, 0.29) is 12.5 Å². The first-order chi connectivity index (χ1) is 7.87. The second-order valence-corrected chi connectivity index (χ2v) is 4.95. The fourth-order valence-electron chi connectivity index (χ4n) is 1.08. The van der Waals surface area contributed by atoms with E-state index < -0.39 is 5.54 Å². The molecule has 0 saturated heterocycles. The van der Waals surface area contributed by atoms with Crippen LogP contribution in [-0.2, 0) is 4.79 Å². The Balaban J connectivity index is 2.33. The highest BCUT2D eigenvalue weighted by atomic mass is 35.5. The summed E-state index contributed by atoms with van der Waals surface area (Å²) in [4.78, 5) is 11.4. The lowest BCUT2D eigenvalue weighted by Gasteiger charge is -2.18. The molecule has 5 heteroatoms. The van der Waals surface area contributed by atoms with Gasteiger partial charge in [0.05, 0.1) is 0 Å². The number of amides is 1. The molecule has 17 heavy (non-hydrogen) atoms. The van der Waals surface area contributed by atoms with Gasteiger partial charge in [-0.1, -0.05) is 17.7 Å². The van der Waals surface area contributed by atoms with Gasteiger partial charge < -0.3 is 15.8 Å². The van der Waals surface area contributed by atoms with Crippen LogP contribution in [0.2, 0.25) is 5.02 Å². The SMILES string of the molecule is CC(C)(N)CNC(=O)COc1cccc(Cl)c1. The highest BCUT2D eigenvalue weighted by Crippen LogP contribution is 2.16. The third-order valence-electron chi connectivity index (χ3n) is 1.91. The summed E-state index contributed by atoms with van der Waals surface area (Å²) < 4.78 is 5.28. The van der Waals surface area contributed by atoms with Crippen molar-refractivity contribution in [2.75, 3.05) is 13.2 Å². The molecular formula is C12H17ClN2O2. The molecule has 1 amide bonds. The van der Waals surface area contributed by atoms with Gasteiger partial charge in [0.2, 0.25) is 0 Å².